The summed E-state index contributed by atoms with van der Waals surface area (Å²) in [5.74, 6) is 3.00. The summed E-state index contributed by atoms with van der Waals surface area (Å²) in [5.41, 5.74) is 13.6. The molecule has 3 heteroatoms. The van der Waals surface area contributed by atoms with Crippen LogP contribution in [0.2, 0.25) is 0 Å². The smallest absolute Gasteiger partial charge is 0.0904 e. The highest BCUT2D eigenvalue weighted by Gasteiger charge is 2.52. The molecule has 1 heterocycles. The summed E-state index contributed by atoms with van der Waals surface area (Å²) in [6.45, 7) is 0.592. The van der Waals surface area contributed by atoms with Gasteiger partial charge in [-0.05, 0) is 62.3 Å². The first-order valence-electron chi connectivity index (χ1n) is 7.27. The Morgan fingerprint density at radius 2 is 1.67 bits per heavy atom. The molecule has 5 rings (SSSR count). The SMILES string of the molecule is NCc1cc(C23CC4CC(CC(C4)C2)C3)sc1N. The van der Waals surface area contributed by atoms with Gasteiger partial charge in [-0.15, -0.1) is 11.3 Å². The highest BCUT2D eigenvalue weighted by molar-refractivity contribution is 7.16. The molecule has 0 amide bonds. The Morgan fingerprint density at radius 3 is 2.11 bits per heavy atom. The monoisotopic (exact) mass is 262 g/mol. The van der Waals surface area contributed by atoms with Gasteiger partial charge >= 0.3 is 0 Å². The molecule has 1 aromatic heterocycles. The average molecular weight is 262 g/mol. The standard InChI is InChI=1S/C15H22N2S/c16-8-12-4-13(18-14(12)17)15-5-9-1-10(6-15)3-11(2-9)7-15/h4,9-11H,1-3,5-8,16-17H2. The second-order valence-electron chi connectivity index (χ2n) is 6.90. The van der Waals surface area contributed by atoms with Crippen molar-refractivity contribution in [3.8, 4) is 0 Å². The highest BCUT2D eigenvalue weighted by atomic mass is 32.1. The van der Waals surface area contributed by atoms with Crippen LogP contribution in [0.25, 0.3) is 0 Å². The number of thiophene rings is 1. The van der Waals surface area contributed by atoms with Gasteiger partial charge in [-0.25, -0.2) is 0 Å². The summed E-state index contributed by atoms with van der Waals surface area (Å²) in [5, 5.41) is 0.961. The van der Waals surface area contributed by atoms with Crippen molar-refractivity contribution in [2.45, 2.75) is 50.5 Å². The van der Waals surface area contributed by atoms with Crippen molar-refractivity contribution in [1.82, 2.24) is 0 Å². The van der Waals surface area contributed by atoms with Crippen molar-refractivity contribution < 1.29 is 0 Å². The minimum Gasteiger partial charge on any atom is -0.390 e. The van der Waals surface area contributed by atoms with Crippen LogP contribution in [0.4, 0.5) is 5.00 Å². The summed E-state index contributed by atoms with van der Waals surface area (Å²) >= 11 is 1.83. The van der Waals surface area contributed by atoms with Gasteiger partial charge < -0.3 is 11.5 Å². The summed E-state index contributed by atoms with van der Waals surface area (Å²) in [6, 6.07) is 2.33. The quantitative estimate of drug-likeness (QED) is 0.859. The van der Waals surface area contributed by atoms with Crippen molar-refractivity contribution in [3.63, 3.8) is 0 Å². The van der Waals surface area contributed by atoms with Crippen LogP contribution in [0, 0.1) is 17.8 Å². The fourth-order valence-corrected chi connectivity index (χ4v) is 6.45. The maximum atomic E-state index is 6.11. The van der Waals surface area contributed by atoms with Crippen molar-refractivity contribution in [2.75, 3.05) is 5.73 Å². The van der Waals surface area contributed by atoms with Gasteiger partial charge in [0, 0.05) is 22.4 Å². The lowest BCUT2D eigenvalue weighted by Gasteiger charge is -2.56. The van der Waals surface area contributed by atoms with E-state index in [4.69, 9.17) is 11.5 Å². The molecule has 0 radical (unpaired) electrons. The molecule has 4 fully saturated rings. The third kappa shape index (κ3) is 1.50. The molecule has 0 aromatic carbocycles. The first-order chi connectivity index (χ1) is 8.68. The molecule has 18 heavy (non-hydrogen) atoms. The zero-order valence-electron chi connectivity index (χ0n) is 10.8. The predicted octanol–water partition coefficient (Wildman–Crippen LogP) is 3.26. The second-order valence-corrected chi connectivity index (χ2v) is 7.99. The number of nitrogens with two attached hydrogens (primary N) is 2. The van der Waals surface area contributed by atoms with Crippen LogP contribution in [-0.4, -0.2) is 0 Å². The van der Waals surface area contributed by atoms with Gasteiger partial charge in [0.1, 0.15) is 0 Å². The predicted molar refractivity (Wildman–Crippen MR) is 76.5 cm³/mol. The average Bonchev–Trinajstić information content (AvgIpc) is 2.69. The van der Waals surface area contributed by atoms with Gasteiger partial charge in [-0.2, -0.15) is 0 Å². The van der Waals surface area contributed by atoms with Crippen molar-refractivity contribution in [1.29, 1.82) is 0 Å². The molecule has 4 N–H and O–H groups in total. The molecular formula is C15H22N2S. The number of nitrogen functional groups attached to an aromatic ring is 1. The van der Waals surface area contributed by atoms with E-state index in [1.807, 2.05) is 11.3 Å². The molecular weight excluding hydrogens is 240 g/mol. The topological polar surface area (TPSA) is 52.0 Å². The van der Waals surface area contributed by atoms with Crippen molar-refractivity contribution in [3.05, 3.63) is 16.5 Å². The molecule has 0 spiro atoms. The lowest BCUT2D eigenvalue weighted by atomic mass is 9.49. The van der Waals surface area contributed by atoms with Gasteiger partial charge in [0.25, 0.3) is 0 Å². The summed E-state index contributed by atoms with van der Waals surface area (Å²) in [6.07, 6.45) is 8.77. The third-order valence-corrected chi connectivity index (χ3v) is 6.88. The molecule has 2 nitrogen and oxygen atoms in total. The maximum absolute atomic E-state index is 6.11. The van der Waals surface area contributed by atoms with E-state index in [-0.39, 0.29) is 0 Å². The maximum Gasteiger partial charge on any atom is 0.0904 e. The largest absolute Gasteiger partial charge is 0.390 e. The molecule has 4 aliphatic carbocycles. The first kappa shape index (κ1) is 11.3. The number of hydrogen-bond acceptors (Lipinski definition) is 3. The number of anilines is 1. The van der Waals surface area contributed by atoms with Crippen LogP contribution in [0.5, 0.6) is 0 Å². The van der Waals surface area contributed by atoms with E-state index >= 15 is 0 Å². The molecule has 0 saturated heterocycles. The minimum absolute atomic E-state index is 0.487. The second kappa shape index (κ2) is 3.73. The zero-order chi connectivity index (χ0) is 12.3. The molecule has 0 atom stereocenters. The molecule has 0 unspecified atom stereocenters. The lowest BCUT2D eigenvalue weighted by molar-refractivity contribution is -0.00348. The fraction of sp³-hybridized carbons (Fsp3) is 0.733. The van der Waals surface area contributed by atoms with E-state index in [0.29, 0.717) is 12.0 Å². The van der Waals surface area contributed by atoms with E-state index in [1.165, 1.54) is 44.1 Å². The van der Waals surface area contributed by atoms with Crippen LogP contribution >= 0.6 is 11.3 Å². The summed E-state index contributed by atoms with van der Waals surface area (Å²) < 4.78 is 0. The van der Waals surface area contributed by atoms with Crippen LogP contribution in [0.1, 0.15) is 49.0 Å². The van der Waals surface area contributed by atoms with Crippen LogP contribution < -0.4 is 11.5 Å². The molecule has 1 aromatic rings. The van der Waals surface area contributed by atoms with Crippen molar-refractivity contribution in [2.24, 2.45) is 23.5 Å². The lowest BCUT2D eigenvalue weighted by Crippen LogP contribution is -2.48. The molecule has 4 aliphatic rings. The Morgan fingerprint density at radius 1 is 1.11 bits per heavy atom. The third-order valence-electron chi connectivity index (χ3n) is 5.62. The minimum atomic E-state index is 0.487. The van der Waals surface area contributed by atoms with Gasteiger partial charge in [-0.1, -0.05) is 0 Å². The zero-order valence-corrected chi connectivity index (χ0v) is 11.6. The molecule has 98 valence electrons. The van der Waals surface area contributed by atoms with Crippen LogP contribution in [0.3, 0.4) is 0 Å². The van der Waals surface area contributed by atoms with Crippen LogP contribution in [0.15, 0.2) is 6.07 Å². The van der Waals surface area contributed by atoms with E-state index in [0.717, 1.165) is 22.8 Å². The summed E-state index contributed by atoms with van der Waals surface area (Å²) in [7, 11) is 0. The van der Waals surface area contributed by atoms with Crippen LogP contribution in [-0.2, 0) is 12.0 Å². The molecule has 4 bridgehead atoms. The first-order valence-corrected chi connectivity index (χ1v) is 8.09. The normalized spacial score (nSPS) is 41.5. The Hall–Kier alpha value is -0.540. The Bertz CT molecular complexity index is 442. The van der Waals surface area contributed by atoms with Crippen molar-refractivity contribution >= 4 is 16.3 Å². The Labute approximate surface area is 113 Å². The van der Waals surface area contributed by atoms with Gasteiger partial charge in [-0.3, -0.25) is 0 Å². The van der Waals surface area contributed by atoms with Gasteiger partial charge in [0.2, 0.25) is 0 Å². The Kier molecular flexibility index (Phi) is 2.34. The van der Waals surface area contributed by atoms with E-state index in [1.54, 1.807) is 4.88 Å². The molecule has 0 aliphatic heterocycles. The van der Waals surface area contributed by atoms with E-state index < -0.39 is 0 Å². The molecule has 4 saturated carbocycles. The number of hydrogen-bond donors (Lipinski definition) is 2. The number of rotatable bonds is 2. The Balaban J connectivity index is 1.74. The summed E-state index contributed by atoms with van der Waals surface area (Å²) in [4.78, 5) is 1.56. The fourth-order valence-electron chi connectivity index (χ4n) is 5.28. The van der Waals surface area contributed by atoms with Gasteiger partial charge in [0.05, 0.1) is 5.00 Å². The highest BCUT2D eigenvalue weighted by Crippen LogP contribution is 2.61. The van der Waals surface area contributed by atoms with Gasteiger partial charge in [0.15, 0.2) is 0 Å². The van der Waals surface area contributed by atoms with E-state index in [2.05, 4.69) is 6.07 Å². The van der Waals surface area contributed by atoms with E-state index in [9.17, 15) is 0 Å².